The van der Waals surface area contributed by atoms with Crippen molar-refractivity contribution >= 4 is 35.2 Å². The zero-order valence-electron chi connectivity index (χ0n) is 15.7. The van der Waals surface area contributed by atoms with Gasteiger partial charge >= 0.3 is 5.97 Å². The molecule has 3 aromatic rings. The van der Waals surface area contributed by atoms with Crippen LogP contribution in [0.4, 0.5) is 0 Å². The highest BCUT2D eigenvalue weighted by Crippen LogP contribution is 2.20. The van der Waals surface area contributed by atoms with Gasteiger partial charge in [-0.3, -0.25) is 4.68 Å². The molecule has 0 aliphatic rings. The number of nitrogens with zero attached hydrogens (tertiary/aromatic N) is 2. The lowest BCUT2D eigenvalue weighted by molar-refractivity contribution is -0.138. The van der Waals surface area contributed by atoms with Gasteiger partial charge in [-0.2, -0.15) is 5.10 Å². The van der Waals surface area contributed by atoms with Crippen LogP contribution in [0.1, 0.15) is 28.1 Å². The number of aromatic nitrogens is 2. The maximum absolute atomic E-state index is 12.0. The Kier molecular flexibility index (Phi) is 6.55. The summed E-state index contributed by atoms with van der Waals surface area (Å²) in [4.78, 5) is 12.0. The fraction of sp³-hybridized carbons (Fsp3) is 0.182. The summed E-state index contributed by atoms with van der Waals surface area (Å²) in [5, 5.41) is 5.92. The Labute approximate surface area is 174 Å². The van der Waals surface area contributed by atoms with Gasteiger partial charge in [0.05, 0.1) is 12.2 Å². The number of esters is 1. The number of hydrogen-bond acceptors (Lipinski definition) is 3. The van der Waals surface area contributed by atoms with Crippen LogP contribution in [0.5, 0.6) is 0 Å². The van der Waals surface area contributed by atoms with E-state index in [9.17, 15) is 4.79 Å². The van der Waals surface area contributed by atoms with Crippen LogP contribution in [-0.2, 0) is 22.7 Å². The van der Waals surface area contributed by atoms with Gasteiger partial charge in [-0.15, -0.1) is 0 Å². The molecule has 0 fully saturated rings. The number of benzene rings is 2. The summed E-state index contributed by atoms with van der Waals surface area (Å²) in [7, 11) is 0. The topological polar surface area (TPSA) is 44.1 Å². The third-order valence-corrected chi connectivity index (χ3v) is 5.02. The van der Waals surface area contributed by atoms with Crippen LogP contribution in [0.3, 0.4) is 0 Å². The Balaban J connectivity index is 1.66. The standard InChI is InChI=1S/C22H20Cl2N2O2/c1-15-20(11-12-22(27)28-14-17-7-9-19(23)10-8-17)16(2)26(25-15)13-18-5-3-4-6-21(18)24/h3-12H,13-14H2,1-2H3/b12-11+. The predicted octanol–water partition coefficient (Wildman–Crippen LogP) is 5.61. The number of carbonyl (C=O) groups excluding carboxylic acids is 1. The minimum atomic E-state index is -0.410. The van der Waals surface area contributed by atoms with E-state index in [1.807, 2.05) is 54.9 Å². The maximum atomic E-state index is 12.0. The Morgan fingerprint density at radius 2 is 1.82 bits per heavy atom. The zero-order chi connectivity index (χ0) is 20.1. The van der Waals surface area contributed by atoms with Crippen LogP contribution in [0.25, 0.3) is 6.08 Å². The Hall–Kier alpha value is -2.56. The van der Waals surface area contributed by atoms with Crippen LogP contribution in [-0.4, -0.2) is 15.7 Å². The van der Waals surface area contributed by atoms with E-state index < -0.39 is 5.97 Å². The van der Waals surface area contributed by atoms with Crippen LogP contribution >= 0.6 is 23.2 Å². The molecule has 144 valence electrons. The zero-order valence-corrected chi connectivity index (χ0v) is 17.2. The van der Waals surface area contributed by atoms with Crippen molar-refractivity contribution in [1.29, 1.82) is 0 Å². The first-order valence-electron chi connectivity index (χ1n) is 8.80. The van der Waals surface area contributed by atoms with Crippen molar-refractivity contribution in [2.45, 2.75) is 27.0 Å². The first kappa shape index (κ1) is 20.2. The Morgan fingerprint density at radius 3 is 2.54 bits per heavy atom. The van der Waals surface area contributed by atoms with E-state index in [0.717, 1.165) is 28.1 Å². The number of ether oxygens (including phenoxy) is 1. The van der Waals surface area contributed by atoms with Gasteiger partial charge in [0.2, 0.25) is 0 Å². The second-order valence-corrected chi connectivity index (χ2v) is 7.24. The fourth-order valence-electron chi connectivity index (χ4n) is 2.83. The van der Waals surface area contributed by atoms with Gasteiger partial charge in [0.1, 0.15) is 6.61 Å². The summed E-state index contributed by atoms with van der Waals surface area (Å²) < 4.78 is 7.16. The van der Waals surface area contributed by atoms with Crippen molar-refractivity contribution in [3.05, 3.63) is 92.7 Å². The third kappa shape index (κ3) is 5.03. The second kappa shape index (κ2) is 9.09. The molecule has 28 heavy (non-hydrogen) atoms. The highest BCUT2D eigenvalue weighted by molar-refractivity contribution is 6.31. The minimum absolute atomic E-state index is 0.198. The van der Waals surface area contributed by atoms with Gasteiger partial charge in [-0.1, -0.05) is 53.5 Å². The smallest absolute Gasteiger partial charge is 0.331 e. The molecule has 0 bridgehead atoms. The molecule has 1 aromatic heterocycles. The van der Waals surface area contributed by atoms with Gasteiger partial charge in [0, 0.05) is 27.4 Å². The Bertz CT molecular complexity index is 1010. The Morgan fingerprint density at radius 1 is 1.11 bits per heavy atom. The van der Waals surface area contributed by atoms with E-state index in [4.69, 9.17) is 27.9 Å². The van der Waals surface area contributed by atoms with E-state index in [0.29, 0.717) is 16.6 Å². The predicted molar refractivity (Wildman–Crippen MR) is 113 cm³/mol. The molecule has 0 atom stereocenters. The quantitative estimate of drug-likeness (QED) is 0.388. The normalized spacial score (nSPS) is 11.1. The lowest BCUT2D eigenvalue weighted by Crippen LogP contribution is -2.04. The summed E-state index contributed by atoms with van der Waals surface area (Å²) in [5.74, 6) is -0.410. The van der Waals surface area contributed by atoms with Gasteiger partial charge in [-0.05, 0) is 49.2 Å². The van der Waals surface area contributed by atoms with Crippen molar-refractivity contribution in [1.82, 2.24) is 9.78 Å². The average Bonchev–Trinajstić information content (AvgIpc) is 2.94. The highest BCUT2D eigenvalue weighted by atomic mass is 35.5. The highest BCUT2D eigenvalue weighted by Gasteiger charge is 2.11. The molecule has 0 radical (unpaired) electrons. The van der Waals surface area contributed by atoms with Gasteiger partial charge in [0.15, 0.2) is 0 Å². The molecular weight excluding hydrogens is 395 g/mol. The van der Waals surface area contributed by atoms with E-state index in [2.05, 4.69) is 5.10 Å². The van der Waals surface area contributed by atoms with Crippen molar-refractivity contribution in [2.24, 2.45) is 0 Å². The van der Waals surface area contributed by atoms with Crippen LogP contribution in [0.15, 0.2) is 54.6 Å². The summed E-state index contributed by atoms with van der Waals surface area (Å²) in [6, 6.07) is 14.9. The van der Waals surface area contributed by atoms with Crippen LogP contribution < -0.4 is 0 Å². The van der Waals surface area contributed by atoms with Gasteiger partial charge in [-0.25, -0.2) is 4.79 Å². The van der Waals surface area contributed by atoms with E-state index in [1.54, 1.807) is 18.2 Å². The van der Waals surface area contributed by atoms with Crippen LogP contribution in [0, 0.1) is 13.8 Å². The van der Waals surface area contributed by atoms with Crippen molar-refractivity contribution in [3.63, 3.8) is 0 Å². The summed E-state index contributed by atoms with van der Waals surface area (Å²) in [6.45, 7) is 4.65. The molecule has 0 unspecified atom stereocenters. The first-order valence-corrected chi connectivity index (χ1v) is 9.56. The van der Waals surface area contributed by atoms with E-state index in [-0.39, 0.29) is 6.61 Å². The largest absolute Gasteiger partial charge is 0.458 e. The average molecular weight is 415 g/mol. The fourth-order valence-corrected chi connectivity index (χ4v) is 3.15. The third-order valence-electron chi connectivity index (χ3n) is 4.40. The van der Waals surface area contributed by atoms with Crippen molar-refractivity contribution in [2.75, 3.05) is 0 Å². The molecule has 1 heterocycles. The number of halogens is 2. The molecule has 6 heteroatoms. The molecule has 0 saturated carbocycles. The van der Waals surface area contributed by atoms with Crippen LogP contribution in [0.2, 0.25) is 10.0 Å². The molecule has 0 amide bonds. The molecule has 0 N–H and O–H groups in total. The first-order chi connectivity index (χ1) is 13.4. The molecule has 0 aliphatic heterocycles. The van der Waals surface area contributed by atoms with E-state index >= 15 is 0 Å². The molecular formula is C22H20Cl2N2O2. The molecule has 3 rings (SSSR count). The van der Waals surface area contributed by atoms with Gasteiger partial charge < -0.3 is 4.74 Å². The number of aryl methyl sites for hydroxylation is 1. The molecule has 2 aromatic carbocycles. The molecule has 4 nitrogen and oxygen atoms in total. The van der Waals surface area contributed by atoms with Gasteiger partial charge in [0.25, 0.3) is 0 Å². The lowest BCUT2D eigenvalue weighted by Gasteiger charge is -2.06. The SMILES string of the molecule is Cc1nn(Cc2ccccc2Cl)c(C)c1/C=C/C(=O)OCc1ccc(Cl)cc1. The van der Waals surface area contributed by atoms with Crippen molar-refractivity contribution < 1.29 is 9.53 Å². The van der Waals surface area contributed by atoms with Crippen molar-refractivity contribution in [3.8, 4) is 0 Å². The summed E-state index contributed by atoms with van der Waals surface area (Å²) in [6.07, 6.45) is 3.16. The number of carbonyl (C=O) groups is 1. The number of hydrogen-bond donors (Lipinski definition) is 0. The second-order valence-electron chi connectivity index (χ2n) is 6.40. The molecule has 0 aliphatic carbocycles. The van der Waals surface area contributed by atoms with E-state index in [1.165, 1.54) is 6.08 Å². The maximum Gasteiger partial charge on any atom is 0.331 e. The molecule has 0 saturated heterocycles. The molecule has 0 spiro atoms. The monoisotopic (exact) mass is 414 g/mol. The lowest BCUT2D eigenvalue weighted by atomic mass is 10.1. The minimum Gasteiger partial charge on any atom is -0.458 e. The number of rotatable bonds is 6. The summed E-state index contributed by atoms with van der Waals surface area (Å²) >= 11 is 12.1. The summed E-state index contributed by atoms with van der Waals surface area (Å²) in [5.41, 5.74) is 4.57.